The van der Waals surface area contributed by atoms with E-state index in [1.807, 2.05) is 6.20 Å². The van der Waals surface area contributed by atoms with Gasteiger partial charge in [0.25, 0.3) is 0 Å². The minimum Gasteiger partial charge on any atom is -0.382 e. The molecular formula is C9H15N3O2. The van der Waals surface area contributed by atoms with Crippen molar-refractivity contribution in [1.29, 1.82) is 0 Å². The van der Waals surface area contributed by atoms with E-state index >= 15 is 0 Å². The van der Waals surface area contributed by atoms with Crippen LogP contribution in [-0.4, -0.2) is 29.1 Å². The maximum absolute atomic E-state index is 5.65. The third-order valence-corrected chi connectivity index (χ3v) is 2.27. The highest BCUT2D eigenvalue weighted by Crippen LogP contribution is 2.11. The number of rotatable bonds is 3. The second kappa shape index (κ2) is 4.43. The number of nitrogens with zero attached hydrogens (tertiary/aromatic N) is 2. The van der Waals surface area contributed by atoms with Crippen LogP contribution in [0.2, 0.25) is 0 Å². The fraction of sp³-hybridized carbons (Fsp3) is 0.667. The highest BCUT2D eigenvalue weighted by Gasteiger charge is 2.13. The van der Waals surface area contributed by atoms with Crippen LogP contribution in [0.3, 0.4) is 0 Å². The van der Waals surface area contributed by atoms with Gasteiger partial charge in [-0.3, -0.25) is 0 Å². The molecule has 1 aliphatic heterocycles. The second-order valence-electron chi connectivity index (χ2n) is 3.39. The van der Waals surface area contributed by atoms with E-state index in [2.05, 4.69) is 5.10 Å². The van der Waals surface area contributed by atoms with Crippen LogP contribution in [0.5, 0.6) is 0 Å². The van der Waals surface area contributed by atoms with Crippen molar-refractivity contribution in [3.8, 4) is 0 Å². The van der Waals surface area contributed by atoms with Crippen molar-refractivity contribution >= 4 is 5.82 Å². The lowest BCUT2D eigenvalue weighted by atomic mass is 10.2. The van der Waals surface area contributed by atoms with E-state index in [9.17, 15) is 0 Å². The molecule has 78 valence electrons. The minimum atomic E-state index is 0.300. The lowest BCUT2D eigenvalue weighted by molar-refractivity contribution is -0.0599. The van der Waals surface area contributed by atoms with Crippen molar-refractivity contribution in [2.75, 3.05) is 18.9 Å². The van der Waals surface area contributed by atoms with Gasteiger partial charge in [0.1, 0.15) is 12.5 Å². The fourth-order valence-electron chi connectivity index (χ4n) is 1.47. The third-order valence-electron chi connectivity index (χ3n) is 2.27. The Bertz CT molecular complexity index is 281. The first-order valence-electron chi connectivity index (χ1n) is 4.83. The first-order valence-corrected chi connectivity index (χ1v) is 4.83. The zero-order valence-electron chi connectivity index (χ0n) is 8.06. The van der Waals surface area contributed by atoms with Crippen molar-refractivity contribution in [3.05, 3.63) is 12.3 Å². The molecule has 0 radical (unpaired) electrons. The number of hydrogen-bond acceptors (Lipinski definition) is 4. The largest absolute Gasteiger partial charge is 0.382 e. The standard InChI is InChI=1S/C9H15N3O2/c10-9-1-4-12(11-9)7-14-8-2-5-13-6-3-8/h1,4,8H,2-3,5-7H2,(H2,10,11). The van der Waals surface area contributed by atoms with E-state index in [1.54, 1.807) is 10.7 Å². The quantitative estimate of drug-likeness (QED) is 0.771. The molecule has 0 bridgehead atoms. The maximum Gasteiger partial charge on any atom is 0.145 e. The summed E-state index contributed by atoms with van der Waals surface area (Å²) in [5, 5.41) is 4.03. The molecule has 2 rings (SSSR count). The van der Waals surface area contributed by atoms with E-state index in [1.165, 1.54) is 0 Å². The van der Waals surface area contributed by atoms with Crippen molar-refractivity contribution in [3.63, 3.8) is 0 Å². The fourth-order valence-corrected chi connectivity index (χ4v) is 1.47. The number of nitrogens with two attached hydrogens (primary N) is 1. The predicted molar refractivity (Wildman–Crippen MR) is 51.6 cm³/mol. The monoisotopic (exact) mass is 197 g/mol. The highest BCUT2D eigenvalue weighted by atomic mass is 16.5. The molecule has 0 spiro atoms. The molecule has 14 heavy (non-hydrogen) atoms. The Kier molecular flexibility index (Phi) is 3.00. The molecule has 0 saturated carbocycles. The average molecular weight is 197 g/mol. The lowest BCUT2D eigenvalue weighted by Crippen LogP contribution is -2.24. The molecule has 0 aromatic carbocycles. The second-order valence-corrected chi connectivity index (χ2v) is 3.39. The molecule has 2 heterocycles. The summed E-state index contributed by atoms with van der Waals surface area (Å²) in [5.74, 6) is 0.528. The molecule has 1 aromatic rings. The zero-order chi connectivity index (χ0) is 9.80. The molecule has 0 amide bonds. The molecular weight excluding hydrogens is 182 g/mol. The Morgan fingerprint density at radius 1 is 1.57 bits per heavy atom. The van der Waals surface area contributed by atoms with Gasteiger partial charge >= 0.3 is 0 Å². The van der Waals surface area contributed by atoms with Crippen molar-refractivity contribution < 1.29 is 9.47 Å². The first-order chi connectivity index (χ1) is 6.84. The van der Waals surface area contributed by atoms with Gasteiger partial charge in [0.2, 0.25) is 0 Å². The number of ether oxygens (including phenoxy) is 2. The Morgan fingerprint density at radius 3 is 3.00 bits per heavy atom. The van der Waals surface area contributed by atoms with Crippen LogP contribution in [-0.2, 0) is 16.2 Å². The van der Waals surface area contributed by atoms with Crippen molar-refractivity contribution in [2.45, 2.75) is 25.7 Å². The molecule has 2 N–H and O–H groups in total. The van der Waals surface area contributed by atoms with E-state index in [0.717, 1.165) is 26.1 Å². The van der Waals surface area contributed by atoms with E-state index in [0.29, 0.717) is 18.7 Å². The van der Waals surface area contributed by atoms with Gasteiger partial charge in [-0.25, -0.2) is 4.68 Å². The Morgan fingerprint density at radius 2 is 2.36 bits per heavy atom. The summed E-state index contributed by atoms with van der Waals surface area (Å²) in [6.07, 6.45) is 4.05. The summed E-state index contributed by atoms with van der Waals surface area (Å²) < 4.78 is 12.6. The average Bonchev–Trinajstić information content (AvgIpc) is 2.63. The molecule has 1 saturated heterocycles. The molecule has 5 heteroatoms. The van der Waals surface area contributed by atoms with Gasteiger partial charge in [0, 0.05) is 25.5 Å². The summed E-state index contributed by atoms with van der Waals surface area (Å²) in [6.45, 7) is 2.07. The van der Waals surface area contributed by atoms with Crippen LogP contribution in [0, 0.1) is 0 Å². The first kappa shape index (κ1) is 9.48. The molecule has 1 aromatic heterocycles. The van der Waals surface area contributed by atoms with Crippen molar-refractivity contribution in [1.82, 2.24) is 9.78 Å². The van der Waals surface area contributed by atoms with Gasteiger partial charge in [-0.1, -0.05) is 0 Å². The lowest BCUT2D eigenvalue weighted by Gasteiger charge is -2.22. The summed E-state index contributed by atoms with van der Waals surface area (Å²) in [4.78, 5) is 0. The number of anilines is 1. The van der Waals surface area contributed by atoms with Crippen LogP contribution in [0.1, 0.15) is 12.8 Å². The van der Waals surface area contributed by atoms with Gasteiger partial charge in [0.15, 0.2) is 0 Å². The van der Waals surface area contributed by atoms with Crippen molar-refractivity contribution in [2.24, 2.45) is 0 Å². The van der Waals surface area contributed by atoms with Crippen LogP contribution in [0.4, 0.5) is 5.82 Å². The minimum absolute atomic E-state index is 0.300. The Hall–Kier alpha value is -1.07. The number of hydrogen-bond donors (Lipinski definition) is 1. The van der Waals surface area contributed by atoms with Crippen LogP contribution >= 0.6 is 0 Å². The number of nitrogen functional groups attached to an aromatic ring is 1. The Labute approximate surface area is 82.8 Å². The van der Waals surface area contributed by atoms with Gasteiger partial charge in [-0.15, -0.1) is 0 Å². The molecule has 5 nitrogen and oxygen atoms in total. The van der Waals surface area contributed by atoms with Gasteiger partial charge in [-0.05, 0) is 12.8 Å². The van der Waals surface area contributed by atoms with Gasteiger partial charge in [0.05, 0.1) is 6.10 Å². The third kappa shape index (κ3) is 2.46. The van der Waals surface area contributed by atoms with Crippen LogP contribution in [0.25, 0.3) is 0 Å². The maximum atomic E-state index is 5.65. The van der Waals surface area contributed by atoms with Gasteiger partial charge < -0.3 is 15.2 Å². The van der Waals surface area contributed by atoms with Crippen LogP contribution in [0.15, 0.2) is 12.3 Å². The molecule has 0 aliphatic carbocycles. The van der Waals surface area contributed by atoms with Crippen LogP contribution < -0.4 is 5.73 Å². The van der Waals surface area contributed by atoms with E-state index < -0.39 is 0 Å². The number of aromatic nitrogens is 2. The summed E-state index contributed by atoms with van der Waals surface area (Å²) in [7, 11) is 0. The molecule has 1 fully saturated rings. The summed E-state index contributed by atoms with van der Waals surface area (Å²) in [5.41, 5.74) is 5.48. The molecule has 0 atom stereocenters. The molecule has 1 aliphatic rings. The normalized spacial score (nSPS) is 18.6. The zero-order valence-corrected chi connectivity index (χ0v) is 8.06. The van der Waals surface area contributed by atoms with E-state index in [-0.39, 0.29) is 0 Å². The van der Waals surface area contributed by atoms with E-state index in [4.69, 9.17) is 15.2 Å². The predicted octanol–water partition coefficient (Wildman–Crippen LogP) is 0.618. The highest BCUT2D eigenvalue weighted by molar-refractivity contribution is 5.23. The molecule has 0 unspecified atom stereocenters. The Balaban J connectivity index is 1.76. The van der Waals surface area contributed by atoms with Gasteiger partial charge in [-0.2, -0.15) is 5.10 Å². The smallest absolute Gasteiger partial charge is 0.145 e. The summed E-state index contributed by atoms with van der Waals surface area (Å²) >= 11 is 0. The summed E-state index contributed by atoms with van der Waals surface area (Å²) in [6, 6.07) is 1.76. The SMILES string of the molecule is Nc1ccn(COC2CCOCC2)n1. The topological polar surface area (TPSA) is 62.3 Å².